The minimum absolute atomic E-state index is 0.408. The van der Waals surface area contributed by atoms with E-state index in [1.807, 2.05) is 13.0 Å². The van der Waals surface area contributed by atoms with Gasteiger partial charge in [0.15, 0.2) is 0 Å². The molecule has 0 bridgehead atoms. The Morgan fingerprint density at radius 2 is 1.76 bits per heavy atom. The fourth-order valence-electron chi connectivity index (χ4n) is 1.89. The Morgan fingerprint density at radius 3 is 2.16 bits per heavy atom. The van der Waals surface area contributed by atoms with Crippen LogP contribution in [-0.2, 0) is 19.3 Å². The number of hydrogen-bond acceptors (Lipinski definition) is 5. The number of ether oxygens (including phenoxy) is 1. The van der Waals surface area contributed by atoms with E-state index in [9.17, 15) is 8.42 Å². The van der Waals surface area contributed by atoms with E-state index in [1.165, 1.54) is 19.1 Å². The molecule has 1 aromatic rings. The van der Waals surface area contributed by atoms with Crippen molar-refractivity contribution in [1.29, 1.82) is 0 Å². The van der Waals surface area contributed by atoms with Crippen LogP contribution in [0.4, 0.5) is 5.82 Å². The molecule has 0 aliphatic carbocycles. The molecule has 0 aliphatic heterocycles. The third kappa shape index (κ3) is 8.26. The number of rotatable bonds is 7. The van der Waals surface area contributed by atoms with Crippen LogP contribution in [-0.4, -0.2) is 51.2 Å². The predicted molar refractivity (Wildman–Crippen MR) is 111 cm³/mol. The van der Waals surface area contributed by atoms with Crippen molar-refractivity contribution >= 4 is 37.7 Å². The Morgan fingerprint density at radius 1 is 1.20 bits per heavy atom. The molecule has 0 spiro atoms. The second-order valence-electron chi connectivity index (χ2n) is 7.75. The molecule has 25 heavy (non-hydrogen) atoms. The summed E-state index contributed by atoms with van der Waals surface area (Å²) >= 11 is -2.36. The van der Waals surface area contributed by atoms with Crippen molar-refractivity contribution in [2.45, 2.75) is 60.1 Å². The van der Waals surface area contributed by atoms with E-state index < -0.39 is 33.0 Å². The molecule has 0 radical (unpaired) electrons. The van der Waals surface area contributed by atoms with Gasteiger partial charge in [0.2, 0.25) is 0 Å². The van der Waals surface area contributed by atoms with Crippen molar-refractivity contribution in [2.75, 3.05) is 25.2 Å². The average Bonchev–Trinajstić information content (AvgIpc) is 2.46. The minimum Gasteiger partial charge on any atom is -0.382 e. The topological polar surface area (TPSA) is 82.3 Å². The van der Waals surface area contributed by atoms with Gasteiger partial charge in [-0.25, -0.2) is 0 Å². The quantitative estimate of drug-likeness (QED) is 0.480. The van der Waals surface area contributed by atoms with Crippen molar-refractivity contribution in [3.63, 3.8) is 0 Å². The summed E-state index contributed by atoms with van der Waals surface area (Å²) in [6.07, 6.45) is 3.69. The van der Waals surface area contributed by atoms with Gasteiger partial charge in [0.05, 0.1) is 0 Å². The van der Waals surface area contributed by atoms with Crippen molar-refractivity contribution < 1.29 is 13.2 Å². The summed E-state index contributed by atoms with van der Waals surface area (Å²) in [5.74, 6) is 0.408. The zero-order valence-corrected chi connectivity index (χ0v) is 20.8. The van der Waals surface area contributed by atoms with Gasteiger partial charge in [-0.3, -0.25) is 0 Å². The summed E-state index contributed by atoms with van der Waals surface area (Å²) < 4.78 is 28.9. The number of nitrogen functional groups attached to an aromatic ring is 1. The van der Waals surface area contributed by atoms with Gasteiger partial charge in [0.1, 0.15) is 0 Å². The maximum atomic E-state index is 11.9. The summed E-state index contributed by atoms with van der Waals surface area (Å²) in [5.41, 5.74) is 6.56. The third-order valence-corrected chi connectivity index (χ3v) is 11.3. The standard InChI is InChI=1S/C9H13N2O2S.C6H14O.3CH3.Sn/c1-9(2,14(3,12)13)7-4-5-11-8(10)6-7;1-3-5-6-7-4-2;;;;/h4,6H,1-3H3,(H2,10,11);3-6H2,1-2H3;3*1H3;. The molecule has 0 fully saturated rings. The Hall–Kier alpha value is -0.341. The van der Waals surface area contributed by atoms with E-state index >= 15 is 0 Å². The van der Waals surface area contributed by atoms with E-state index in [0.29, 0.717) is 5.82 Å². The van der Waals surface area contributed by atoms with Gasteiger partial charge in [-0.05, 0) is 13.3 Å². The van der Waals surface area contributed by atoms with Crippen LogP contribution >= 0.6 is 0 Å². The van der Waals surface area contributed by atoms with Gasteiger partial charge in [-0.2, -0.15) is 0 Å². The predicted octanol–water partition coefficient (Wildman–Crippen LogP) is 3.31. The number of nitrogens with two attached hydrogens (primary N) is 1. The van der Waals surface area contributed by atoms with Crippen LogP contribution in [0.5, 0.6) is 0 Å². The molecule has 0 saturated heterocycles. The van der Waals surface area contributed by atoms with Gasteiger partial charge in [0, 0.05) is 13.2 Å². The first-order chi connectivity index (χ1) is 11.3. The van der Waals surface area contributed by atoms with Gasteiger partial charge in [-0.15, -0.1) is 0 Å². The Labute approximate surface area is 158 Å². The molecular weight excluding hydrogens is 443 g/mol. The van der Waals surface area contributed by atoms with Crippen LogP contribution in [0.15, 0.2) is 12.1 Å². The maximum Gasteiger partial charge on any atom is 0.0465 e. The zero-order valence-electron chi connectivity index (χ0n) is 17.1. The molecule has 2 N–H and O–H groups in total. The summed E-state index contributed by atoms with van der Waals surface area (Å²) in [6.45, 7) is 9.40. The number of unbranched alkanes of at least 4 members (excludes halogenated alkanes) is 1. The van der Waals surface area contributed by atoms with E-state index in [2.05, 4.69) is 26.7 Å². The first-order valence-electron chi connectivity index (χ1n) is 8.83. The van der Waals surface area contributed by atoms with Crippen LogP contribution in [0.3, 0.4) is 0 Å². The average molecular weight is 479 g/mol. The third-order valence-electron chi connectivity index (χ3n) is 4.08. The Kier molecular flexibility index (Phi) is 9.97. The zero-order chi connectivity index (χ0) is 19.9. The smallest absolute Gasteiger partial charge is 0.0465 e. The molecular formula is C18H36N2O3SSn. The van der Waals surface area contributed by atoms with E-state index in [1.54, 1.807) is 19.9 Å². The van der Waals surface area contributed by atoms with Crippen LogP contribution in [0.2, 0.25) is 14.8 Å². The van der Waals surface area contributed by atoms with Crippen LogP contribution < -0.4 is 9.44 Å². The molecule has 1 aromatic heterocycles. The number of hydrogen-bond donors (Lipinski definition) is 1. The van der Waals surface area contributed by atoms with Crippen molar-refractivity contribution in [2.24, 2.45) is 0 Å². The van der Waals surface area contributed by atoms with Gasteiger partial charge in [0.25, 0.3) is 0 Å². The number of aromatic nitrogens is 1. The Balaban J connectivity index is 0.000000697. The summed E-state index contributed by atoms with van der Waals surface area (Å²) in [4.78, 5) is 11.1. The molecule has 146 valence electrons. The molecule has 5 nitrogen and oxygen atoms in total. The molecule has 0 aliphatic rings. The second-order valence-corrected chi connectivity index (χ2v) is 24.6. The fraction of sp³-hybridized carbons (Fsp3) is 0.722. The number of anilines is 1. The maximum absolute atomic E-state index is 11.9. The summed E-state index contributed by atoms with van der Waals surface area (Å²) in [6, 6.07) is 3.59. The molecule has 0 unspecified atom stereocenters. The van der Waals surface area contributed by atoms with Crippen LogP contribution in [0.1, 0.15) is 46.1 Å². The number of sulfone groups is 1. The van der Waals surface area contributed by atoms with Gasteiger partial charge >= 0.3 is 114 Å². The summed E-state index contributed by atoms with van der Waals surface area (Å²) in [5, 5.41) is 0. The van der Waals surface area contributed by atoms with E-state index in [0.717, 1.165) is 22.5 Å². The molecule has 0 atom stereocenters. The first-order valence-corrected chi connectivity index (χ1v) is 20.7. The molecule has 0 aromatic carbocycles. The normalized spacial score (nSPS) is 12.5. The fourth-order valence-corrected chi connectivity index (χ4v) is 5.44. The molecule has 7 heteroatoms. The summed E-state index contributed by atoms with van der Waals surface area (Å²) in [7, 11) is -3.19. The first kappa shape index (κ1) is 24.7. The number of pyridine rings is 1. The van der Waals surface area contributed by atoms with Gasteiger partial charge in [-0.1, -0.05) is 13.3 Å². The van der Waals surface area contributed by atoms with Crippen molar-refractivity contribution in [3.05, 3.63) is 17.7 Å². The second kappa shape index (κ2) is 10.1. The van der Waals surface area contributed by atoms with Crippen LogP contribution in [0.25, 0.3) is 0 Å². The molecule has 0 saturated carbocycles. The SMILES string of the molecule is CC(C)(c1cc(N)n[c]([Sn]([CH3])([CH3])[CH3])c1)S(C)(=O)=O.CCCCOCC. The monoisotopic (exact) mass is 480 g/mol. The van der Waals surface area contributed by atoms with Crippen molar-refractivity contribution in [1.82, 2.24) is 4.98 Å². The van der Waals surface area contributed by atoms with Crippen LogP contribution in [0, 0.1) is 0 Å². The van der Waals surface area contributed by atoms with E-state index in [4.69, 9.17) is 10.5 Å². The minimum atomic E-state index is -3.19. The Bertz CT molecular complexity index is 634. The van der Waals surface area contributed by atoms with E-state index in [-0.39, 0.29) is 0 Å². The van der Waals surface area contributed by atoms with Gasteiger partial charge < -0.3 is 4.74 Å². The largest absolute Gasteiger partial charge is 0.382 e. The number of nitrogens with zero attached hydrogens (tertiary/aromatic N) is 1. The molecule has 1 heterocycles. The molecule has 1 rings (SSSR count). The molecule has 0 amide bonds. The van der Waals surface area contributed by atoms with Crippen molar-refractivity contribution in [3.8, 4) is 0 Å².